The lowest BCUT2D eigenvalue weighted by atomic mass is 10.0. The van der Waals surface area contributed by atoms with E-state index in [0.29, 0.717) is 17.4 Å². The van der Waals surface area contributed by atoms with E-state index in [2.05, 4.69) is 148 Å². The summed E-state index contributed by atoms with van der Waals surface area (Å²) in [5.74, 6) is -0.867. The molecule has 0 aliphatic heterocycles. The molecule has 0 heterocycles. The van der Waals surface area contributed by atoms with Crippen LogP contribution in [0.2, 0.25) is 0 Å². The number of ether oxygens (including phenoxy) is 2. The second-order valence-corrected chi connectivity index (χ2v) is 29.1. The van der Waals surface area contributed by atoms with Gasteiger partial charge in [-0.15, -0.1) is 0 Å². The van der Waals surface area contributed by atoms with Gasteiger partial charge in [-0.2, -0.15) is 0 Å². The Kier molecular flexibility index (Phi) is 72.3. The lowest BCUT2D eigenvalue weighted by Crippen LogP contribution is -2.37. The first-order valence-corrected chi connectivity index (χ1v) is 41.4. The van der Waals surface area contributed by atoms with E-state index in [0.717, 1.165) is 109 Å². The van der Waals surface area contributed by atoms with E-state index in [1.165, 1.54) is 205 Å². The van der Waals surface area contributed by atoms with Crippen LogP contribution in [0.3, 0.4) is 0 Å². The summed E-state index contributed by atoms with van der Waals surface area (Å²) in [6.07, 6.45) is 110. The van der Waals surface area contributed by atoms with Gasteiger partial charge in [-0.05, 0) is 96.3 Å². The minimum absolute atomic E-state index is 0.0429. The van der Waals surface area contributed by atoms with Crippen LogP contribution < -0.4 is 4.89 Å². The molecule has 0 aromatic rings. The number of phosphoric ester groups is 1. The first-order valence-electron chi connectivity index (χ1n) is 39.9. The Bertz CT molecular complexity index is 2090. The highest BCUT2D eigenvalue weighted by atomic mass is 31.2. The van der Waals surface area contributed by atoms with Crippen LogP contribution in [-0.2, 0) is 32.7 Å². The lowest BCUT2D eigenvalue weighted by Gasteiger charge is -2.28. The number of carbonyl (C=O) groups is 2. The number of esters is 2. The van der Waals surface area contributed by atoms with Crippen LogP contribution in [0.25, 0.3) is 0 Å². The van der Waals surface area contributed by atoms with Gasteiger partial charge in [0.1, 0.15) is 19.8 Å². The van der Waals surface area contributed by atoms with Crippen LogP contribution in [0.1, 0.15) is 348 Å². The molecule has 0 aromatic heterocycles. The molecule has 0 fully saturated rings. The van der Waals surface area contributed by atoms with Crippen LogP contribution >= 0.6 is 7.82 Å². The second-order valence-electron chi connectivity index (χ2n) is 27.7. The molecular formula is C86H150NO8P. The zero-order valence-electron chi connectivity index (χ0n) is 63.0. The molecule has 0 aliphatic rings. The molecule has 2 atom stereocenters. The molecule has 0 amide bonds. The number of nitrogens with zero attached hydrogens (tertiary/aromatic N) is 1. The van der Waals surface area contributed by atoms with Crippen molar-refractivity contribution < 1.29 is 42.1 Å². The second kappa shape index (κ2) is 75.4. The predicted molar refractivity (Wildman–Crippen MR) is 415 cm³/mol. The van der Waals surface area contributed by atoms with Gasteiger partial charge < -0.3 is 27.9 Å². The molecule has 0 N–H and O–H groups in total. The van der Waals surface area contributed by atoms with Crippen LogP contribution in [-0.4, -0.2) is 70.0 Å². The average molecular weight is 1360 g/mol. The topological polar surface area (TPSA) is 111 Å². The fourth-order valence-electron chi connectivity index (χ4n) is 11.1. The van der Waals surface area contributed by atoms with Crippen molar-refractivity contribution >= 4 is 19.8 Å². The van der Waals surface area contributed by atoms with Crippen LogP contribution in [0.4, 0.5) is 0 Å². The smallest absolute Gasteiger partial charge is 0.306 e. The maximum absolute atomic E-state index is 12.9. The minimum Gasteiger partial charge on any atom is -0.756 e. The van der Waals surface area contributed by atoms with Crippen LogP contribution in [0, 0.1) is 0 Å². The summed E-state index contributed by atoms with van der Waals surface area (Å²) in [6.45, 7) is 4.12. The number of quaternary nitrogens is 1. The number of hydrogen-bond acceptors (Lipinski definition) is 8. The highest BCUT2D eigenvalue weighted by molar-refractivity contribution is 7.45. The van der Waals surface area contributed by atoms with Crippen molar-refractivity contribution in [3.8, 4) is 0 Å². The van der Waals surface area contributed by atoms with E-state index in [-0.39, 0.29) is 32.0 Å². The summed E-state index contributed by atoms with van der Waals surface area (Å²) < 4.78 is 34.3. The normalized spacial score (nSPS) is 13.8. The summed E-state index contributed by atoms with van der Waals surface area (Å²) in [6, 6.07) is 0. The first-order chi connectivity index (χ1) is 47.0. The number of allylic oxidation sites excluding steroid dienone is 22. The zero-order chi connectivity index (χ0) is 69.7. The average Bonchev–Trinajstić information content (AvgIpc) is 2.72. The largest absolute Gasteiger partial charge is 0.756 e. The van der Waals surface area contributed by atoms with Gasteiger partial charge in [0.2, 0.25) is 0 Å². The Balaban J connectivity index is 4.07. The van der Waals surface area contributed by atoms with Gasteiger partial charge >= 0.3 is 11.9 Å². The van der Waals surface area contributed by atoms with Crippen molar-refractivity contribution in [2.75, 3.05) is 47.5 Å². The molecule has 96 heavy (non-hydrogen) atoms. The van der Waals surface area contributed by atoms with Crippen molar-refractivity contribution in [2.45, 2.75) is 354 Å². The van der Waals surface area contributed by atoms with E-state index in [9.17, 15) is 19.0 Å². The Labute approximate surface area is 593 Å². The third-order valence-corrected chi connectivity index (χ3v) is 18.1. The summed E-state index contributed by atoms with van der Waals surface area (Å²) in [5.41, 5.74) is 0. The van der Waals surface area contributed by atoms with Gasteiger partial charge in [0.15, 0.2) is 6.10 Å². The van der Waals surface area contributed by atoms with Gasteiger partial charge in [0.25, 0.3) is 7.82 Å². The number of rotatable bonds is 73. The van der Waals surface area contributed by atoms with E-state index >= 15 is 0 Å². The van der Waals surface area contributed by atoms with Gasteiger partial charge in [-0.1, -0.05) is 372 Å². The maximum Gasteiger partial charge on any atom is 0.306 e. The Morgan fingerprint density at radius 2 is 0.594 bits per heavy atom. The Morgan fingerprint density at radius 1 is 0.333 bits per heavy atom. The van der Waals surface area contributed by atoms with Crippen molar-refractivity contribution in [2.24, 2.45) is 0 Å². The molecule has 0 saturated carbocycles. The SMILES string of the molecule is CC/C=C\C/C=C\C/C=C\C/C=C\C/C=C\C/C=C\C/C=C\C/C=C\C/C=C\C/C=C\C/C=C\CCCCCC(=O)OC(COC(=O)CCCCCCCCCCCCCCCCCCCCCCCCCCCCCCCCCCCCC)COP(=O)([O-])OCC[N+](C)(C)C. The predicted octanol–water partition coefficient (Wildman–Crippen LogP) is 26.1. The van der Waals surface area contributed by atoms with Gasteiger partial charge in [-0.3, -0.25) is 14.2 Å². The molecule has 0 aliphatic carbocycles. The van der Waals surface area contributed by atoms with Crippen molar-refractivity contribution in [3.63, 3.8) is 0 Å². The third kappa shape index (κ3) is 79.1. The summed E-state index contributed by atoms with van der Waals surface area (Å²) in [5, 5.41) is 0. The van der Waals surface area contributed by atoms with Gasteiger partial charge in [-0.25, -0.2) is 0 Å². The molecular weight excluding hydrogens is 1210 g/mol. The first kappa shape index (κ1) is 92.2. The molecule has 0 saturated heterocycles. The molecule has 0 aromatic carbocycles. The van der Waals surface area contributed by atoms with E-state index in [4.69, 9.17) is 18.5 Å². The van der Waals surface area contributed by atoms with E-state index in [1.807, 2.05) is 21.1 Å². The van der Waals surface area contributed by atoms with Crippen LogP contribution in [0.15, 0.2) is 134 Å². The van der Waals surface area contributed by atoms with E-state index < -0.39 is 26.5 Å². The number of unbranched alkanes of at least 4 members (excludes halogenated alkanes) is 37. The molecule has 552 valence electrons. The molecule has 9 nitrogen and oxygen atoms in total. The number of phosphoric acid groups is 1. The van der Waals surface area contributed by atoms with Crippen LogP contribution in [0.5, 0.6) is 0 Å². The molecule has 0 spiro atoms. The van der Waals surface area contributed by atoms with Gasteiger partial charge in [0.05, 0.1) is 27.7 Å². The summed E-state index contributed by atoms with van der Waals surface area (Å²) in [7, 11) is 1.14. The summed E-state index contributed by atoms with van der Waals surface area (Å²) >= 11 is 0. The van der Waals surface area contributed by atoms with Crippen molar-refractivity contribution in [1.29, 1.82) is 0 Å². The standard InChI is InChI=1S/C86H150NO8P/c1-6-8-10-12-14-16-18-20-22-24-26-28-30-32-34-36-38-40-42-43-45-47-49-51-53-55-57-59-61-63-65-67-69-71-73-75-77-79-86(89)95-84(83-94-96(90,91)93-81-80-87(3,4)5)82-92-85(88)78-76-74-72-70-68-66-64-62-60-58-56-54-52-50-48-46-44-41-39-37-35-33-31-29-27-25-23-21-19-17-15-13-11-9-7-2/h8,10,14,16,20,22,26,28,32,34,38,40,43,45,49,51,55,57,61,63,67,69,84H,6-7,9,11-13,15,17-19,21,23-25,27,29-31,33,35-37,39,41-42,44,46-48,50,52-54,56,58-60,62,64-66,68,70-83H2,1-5H3/b10-8-,16-14-,22-20-,28-26-,34-32-,40-38-,45-43-,51-49-,57-55-,63-61-,69-67-. The van der Waals surface area contributed by atoms with Gasteiger partial charge in [0, 0.05) is 12.8 Å². The quantitative estimate of drug-likeness (QED) is 0.0195. The molecule has 0 radical (unpaired) electrons. The highest BCUT2D eigenvalue weighted by Crippen LogP contribution is 2.38. The van der Waals surface area contributed by atoms with Crippen molar-refractivity contribution in [1.82, 2.24) is 0 Å². The minimum atomic E-state index is -4.66. The zero-order valence-corrected chi connectivity index (χ0v) is 63.9. The molecule has 0 rings (SSSR count). The fraction of sp³-hybridized carbons (Fsp3) is 0.721. The fourth-order valence-corrected chi connectivity index (χ4v) is 11.9. The molecule has 2 unspecified atom stereocenters. The monoisotopic (exact) mass is 1360 g/mol. The van der Waals surface area contributed by atoms with E-state index in [1.54, 1.807) is 0 Å². The summed E-state index contributed by atoms with van der Waals surface area (Å²) in [4.78, 5) is 38.2. The number of likely N-dealkylation sites (N-methyl/N-ethyl adjacent to an activating group) is 1. The lowest BCUT2D eigenvalue weighted by molar-refractivity contribution is -0.870. The number of hydrogen-bond donors (Lipinski definition) is 0. The maximum atomic E-state index is 12.9. The third-order valence-electron chi connectivity index (χ3n) is 17.2. The number of carbonyl (C=O) groups excluding carboxylic acids is 2. The Morgan fingerprint density at radius 3 is 0.885 bits per heavy atom. The van der Waals surface area contributed by atoms with Crippen molar-refractivity contribution in [3.05, 3.63) is 134 Å². The highest BCUT2D eigenvalue weighted by Gasteiger charge is 2.22. The Hall–Kier alpha value is -3.85. The molecule has 10 heteroatoms. The molecule has 0 bridgehead atoms.